The van der Waals surface area contributed by atoms with Crippen molar-refractivity contribution in [3.05, 3.63) is 28.7 Å². The first-order valence-electron chi connectivity index (χ1n) is 4.22. The van der Waals surface area contributed by atoms with E-state index in [1.54, 1.807) is 24.3 Å². The molecule has 0 aliphatic rings. The molecule has 6 heteroatoms. The number of hydrogen-bond acceptors (Lipinski definition) is 2. The summed E-state index contributed by atoms with van der Waals surface area (Å²) >= 11 is 3.17. The average Bonchev–Trinajstić information content (AvgIpc) is 2.12. The molecule has 1 unspecified atom stereocenters. The third-order valence-electron chi connectivity index (χ3n) is 1.80. The van der Waals surface area contributed by atoms with Crippen molar-refractivity contribution in [2.75, 3.05) is 11.9 Å². The van der Waals surface area contributed by atoms with Crippen LogP contribution in [-0.2, 0) is 0 Å². The summed E-state index contributed by atoms with van der Waals surface area (Å²) in [7, 11) is 0. The van der Waals surface area contributed by atoms with Crippen molar-refractivity contribution in [1.29, 1.82) is 0 Å². The summed E-state index contributed by atoms with van der Waals surface area (Å²) in [4.78, 5) is 0. The fourth-order valence-electron chi connectivity index (χ4n) is 1.05. The van der Waals surface area contributed by atoms with Crippen LogP contribution in [0, 0.1) is 0 Å². The zero-order valence-corrected chi connectivity index (χ0v) is 9.27. The third-order valence-corrected chi connectivity index (χ3v) is 2.29. The zero-order valence-electron chi connectivity index (χ0n) is 7.68. The molecule has 0 fully saturated rings. The van der Waals surface area contributed by atoms with Crippen molar-refractivity contribution in [2.24, 2.45) is 5.73 Å². The zero-order chi connectivity index (χ0) is 11.5. The van der Waals surface area contributed by atoms with Crippen LogP contribution in [0.25, 0.3) is 0 Å². The van der Waals surface area contributed by atoms with E-state index in [1.807, 2.05) is 0 Å². The molecule has 0 saturated heterocycles. The van der Waals surface area contributed by atoms with E-state index >= 15 is 0 Å². The lowest BCUT2D eigenvalue weighted by atomic mass is 10.2. The van der Waals surface area contributed by atoms with Gasteiger partial charge >= 0.3 is 6.18 Å². The highest BCUT2D eigenvalue weighted by Gasteiger charge is 2.38. The average molecular weight is 283 g/mol. The van der Waals surface area contributed by atoms with Gasteiger partial charge in [0.25, 0.3) is 0 Å². The van der Waals surface area contributed by atoms with E-state index in [-0.39, 0.29) is 0 Å². The molecular formula is C9H10BrF3N2. The molecule has 1 rings (SSSR count). The minimum Gasteiger partial charge on any atom is -0.373 e. The number of anilines is 1. The Balaban J connectivity index is 2.76. The van der Waals surface area contributed by atoms with Gasteiger partial charge in [0.2, 0.25) is 0 Å². The topological polar surface area (TPSA) is 38.0 Å². The molecule has 0 radical (unpaired) electrons. The Morgan fingerprint density at radius 2 is 2.07 bits per heavy atom. The summed E-state index contributed by atoms with van der Waals surface area (Å²) in [5.41, 5.74) is 5.44. The predicted octanol–water partition coefficient (Wildman–Crippen LogP) is 2.75. The van der Waals surface area contributed by atoms with E-state index in [4.69, 9.17) is 5.73 Å². The first kappa shape index (κ1) is 12.3. The molecule has 1 atom stereocenters. The molecule has 1 aromatic rings. The lowest BCUT2D eigenvalue weighted by Crippen LogP contribution is -2.42. The summed E-state index contributed by atoms with van der Waals surface area (Å²) in [6, 6.07) is 4.78. The standard InChI is InChI=1S/C9H10BrF3N2/c10-6-2-1-3-7(4-6)15-8(5-14)9(11,12)13/h1-4,8,15H,5,14H2. The molecular weight excluding hydrogens is 273 g/mol. The molecule has 0 spiro atoms. The van der Waals surface area contributed by atoms with Crippen LogP contribution >= 0.6 is 15.9 Å². The van der Waals surface area contributed by atoms with Crippen LogP contribution in [0.2, 0.25) is 0 Å². The third kappa shape index (κ3) is 3.71. The highest BCUT2D eigenvalue weighted by molar-refractivity contribution is 9.10. The Bertz CT molecular complexity index is 327. The van der Waals surface area contributed by atoms with Crippen LogP contribution < -0.4 is 11.1 Å². The first-order valence-corrected chi connectivity index (χ1v) is 5.01. The molecule has 84 valence electrons. The molecule has 0 bridgehead atoms. The van der Waals surface area contributed by atoms with E-state index in [0.29, 0.717) is 10.2 Å². The minimum absolute atomic E-state index is 0.386. The molecule has 3 N–H and O–H groups in total. The molecule has 0 aromatic heterocycles. The van der Waals surface area contributed by atoms with Gasteiger partial charge in [-0.15, -0.1) is 0 Å². The summed E-state index contributed by atoms with van der Waals surface area (Å²) in [6.45, 7) is -0.490. The van der Waals surface area contributed by atoms with Crippen molar-refractivity contribution in [3.8, 4) is 0 Å². The maximum Gasteiger partial charge on any atom is 0.409 e. The summed E-state index contributed by atoms with van der Waals surface area (Å²) in [6.07, 6.45) is -4.34. The second-order valence-electron chi connectivity index (χ2n) is 2.98. The van der Waals surface area contributed by atoms with E-state index in [0.717, 1.165) is 0 Å². The number of nitrogens with one attached hydrogen (secondary N) is 1. The molecule has 0 saturated carbocycles. The van der Waals surface area contributed by atoms with Crippen molar-refractivity contribution >= 4 is 21.6 Å². The first-order chi connectivity index (χ1) is 6.93. The van der Waals surface area contributed by atoms with Crippen molar-refractivity contribution in [2.45, 2.75) is 12.2 Å². The summed E-state index contributed by atoms with van der Waals surface area (Å²) in [5, 5.41) is 2.33. The van der Waals surface area contributed by atoms with Crippen LogP contribution in [0.15, 0.2) is 28.7 Å². The largest absolute Gasteiger partial charge is 0.409 e. The van der Waals surface area contributed by atoms with Gasteiger partial charge in [-0.3, -0.25) is 0 Å². The van der Waals surface area contributed by atoms with E-state index in [1.165, 1.54) is 0 Å². The number of halogens is 4. The van der Waals surface area contributed by atoms with Crippen LogP contribution in [0.1, 0.15) is 0 Å². The van der Waals surface area contributed by atoms with Gasteiger partial charge in [0.1, 0.15) is 6.04 Å². The predicted molar refractivity (Wildman–Crippen MR) is 56.7 cm³/mol. The second kappa shape index (κ2) is 4.85. The Hall–Kier alpha value is -0.750. The Kier molecular flexibility index (Phi) is 3.98. The SMILES string of the molecule is NCC(Nc1cccc(Br)c1)C(F)(F)F. The molecule has 0 aliphatic heterocycles. The van der Waals surface area contributed by atoms with Gasteiger partial charge in [-0.25, -0.2) is 0 Å². The molecule has 0 aliphatic carbocycles. The van der Waals surface area contributed by atoms with Gasteiger partial charge in [0, 0.05) is 16.7 Å². The van der Waals surface area contributed by atoms with Gasteiger partial charge < -0.3 is 11.1 Å². The van der Waals surface area contributed by atoms with E-state index in [9.17, 15) is 13.2 Å². The number of rotatable bonds is 3. The van der Waals surface area contributed by atoms with Crippen LogP contribution in [0.5, 0.6) is 0 Å². The lowest BCUT2D eigenvalue weighted by molar-refractivity contribution is -0.140. The van der Waals surface area contributed by atoms with Gasteiger partial charge in [-0.2, -0.15) is 13.2 Å². The lowest BCUT2D eigenvalue weighted by Gasteiger charge is -2.21. The maximum absolute atomic E-state index is 12.4. The number of benzene rings is 1. The Morgan fingerprint density at radius 1 is 1.40 bits per heavy atom. The fourth-order valence-corrected chi connectivity index (χ4v) is 1.45. The van der Waals surface area contributed by atoms with E-state index in [2.05, 4.69) is 21.2 Å². The Morgan fingerprint density at radius 3 is 2.53 bits per heavy atom. The molecule has 15 heavy (non-hydrogen) atoms. The molecule has 0 amide bonds. The second-order valence-corrected chi connectivity index (χ2v) is 3.90. The smallest absolute Gasteiger partial charge is 0.373 e. The van der Waals surface area contributed by atoms with Crippen molar-refractivity contribution < 1.29 is 13.2 Å². The molecule has 2 nitrogen and oxygen atoms in total. The van der Waals surface area contributed by atoms with Gasteiger partial charge in [-0.1, -0.05) is 22.0 Å². The number of alkyl halides is 3. The van der Waals surface area contributed by atoms with E-state index < -0.39 is 18.8 Å². The summed E-state index contributed by atoms with van der Waals surface area (Å²) < 4.78 is 37.8. The van der Waals surface area contributed by atoms with Crippen LogP contribution in [0.3, 0.4) is 0 Å². The minimum atomic E-state index is -4.34. The Labute approximate surface area is 93.8 Å². The normalized spacial score (nSPS) is 13.7. The quantitative estimate of drug-likeness (QED) is 0.895. The number of nitrogens with two attached hydrogens (primary N) is 1. The van der Waals surface area contributed by atoms with Crippen LogP contribution in [0.4, 0.5) is 18.9 Å². The van der Waals surface area contributed by atoms with Gasteiger partial charge in [0.15, 0.2) is 0 Å². The van der Waals surface area contributed by atoms with Gasteiger partial charge in [0.05, 0.1) is 0 Å². The molecule has 0 heterocycles. The monoisotopic (exact) mass is 282 g/mol. The highest BCUT2D eigenvalue weighted by atomic mass is 79.9. The molecule has 1 aromatic carbocycles. The fraction of sp³-hybridized carbons (Fsp3) is 0.333. The van der Waals surface area contributed by atoms with Gasteiger partial charge in [-0.05, 0) is 18.2 Å². The number of hydrogen-bond donors (Lipinski definition) is 2. The summed E-state index contributed by atoms with van der Waals surface area (Å²) in [5.74, 6) is 0. The van der Waals surface area contributed by atoms with Crippen LogP contribution in [-0.4, -0.2) is 18.8 Å². The highest BCUT2D eigenvalue weighted by Crippen LogP contribution is 2.24. The maximum atomic E-state index is 12.4. The van der Waals surface area contributed by atoms with Crippen molar-refractivity contribution in [3.63, 3.8) is 0 Å². The van der Waals surface area contributed by atoms with Crippen molar-refractivity contribution in [1.82, 2.24) is 0 Å².